The van der Waals surface area contributed by atoms with Crippen LogP contribution in [-0.4, -0.2) is 57.4 Å². The number of hydrogen-bond donors (Lipinski definition) is 0. The second-order valence-corrected chi connectivity index (χ2v) is 8.89. The maximum atomic E-state index is 12.8. The van der Waals surface area contributed by atoms with Gasteiger partial charge in [-0.3, -0.25) is 0 Å². The highest BCUT2D eigenvalue weighted by atomic mass is 16.7. The van der Waals surface area contributed by atoms with Crippen LogP contribution in [0.1, 0.15) is 53.8 Å². The van der Waals surface area contributed by atoms with Crippen LogP contribution in [0.15, 0.2) is 60.7 Å². The molecule has 0 saturated carbocycles. The Balaban J connectivity index is 1.64. The molecule has 0 radical (unpaired) electrons. The van der Waals surface area contributed by atoms with Gasteiger partial charge in [-0.15, -0.1) is 0 Å². The molecule has 1 heterocycles. The summed E-state index contributed by atoms with van der Waals surface area (Å²) in [5.74, 6) is -0.924. The minimum atomic E-state index is -0.753. The highest BCUT2D eigenvalue weighted by molar-refractivity contribution is 5.89. The van der Waals surface area contributed by atoms with E-state index in [1.54, 1.807) is 55.6 Å². The van der Waals surface area contributed by atoms with Crippen molar-refractivity contribution in [3.05, 3.63) is 71.8 Å². The van der Waals surface area contributed by atoms with E-state index in [-0.39, 0.29) is 24.5 Å². The fraction of sp³-hybridized carbons (Fsp3) is 0.500. The zero-order valence-corrected chi connectivity index (χ0v) is 20.8. The van der Waals surface area contributed by atoms with Crippen LogP contribution >= 0.6 is 0 Å². The summed E-state index contributed by atoms with van der Waals surface area (Å²) in [6.07, 6.45) is 1.01. The van der Waals surface area contributed by atoms with Crippen LogP contribution in [0.25, 0.3) is 0 Å². The first kappa shape index (κ1) is 26.9. The monoisotopic (exact) mass is 484 g/mol. The molecule has 190 valence electrons. The molecule has 0 bridgehead atoms. The fourth-order valence-electron chi connectivity index (χ4n) is 4.05. The molecule has 5 atom stereocenters. The molecule has 0 aliphatic carbocycles. The Labute approximate surface area is 207 Å². The predicted octanol–water partition coefficient (Wildman–Crippen LogP) is 4.90. The maximum absolute atomic E-state index is 12.8. The van der Waals surface area contributed by atoms with Gasteiger partial charge in [-0.2, -0.15) is 0 Å². The molecule has 0 amide bonds. The van der Waals surface area contributed by atoms with E-state index in [2.05, 4.69) is 0 Å². The summed E-state index contributed by atoms with van der Waals surface area (Å²) in [4.78, 5) is 25.2. The van der Waals surface area contributed by atoms with Crippen LogP contribution in [-0.2, 0) is 23.7 Å². The molecule has 1 fully saturated rings. The molecular formula is C28H36O7. The van der Waals surface area contributed by atoms with Gasteiger partial charge in [-0.05, 0) is 49.4 Å². The van der Waals surface area contributed by atoms with Crippen molar-refractivity contribution in [1.29, 1.82) is 0 Å². The van der Waals surface area contributed by atoms with Gasteiger partial charge < -0.3 is 23.7 Å². The summed E-state index contributed by atoms with van der Waals surface area (Å²) < 4.78 is 28.8. The van der Waals surface area contributed by atoms with Gasteiger partial charge in [0.15, 0.2) is 12.4 Å². The van der Waals surface area contributed by atoms with Crippen molar-refractivity contribution in [3.8, 4) is 0 Å². The summed E-state index contributed by atoms with van der Waals surface area (Å²) in [6.45, 7) is 5.28. The molecule has 7 nitrogen and oxygen atoms in total. The molecule has 1 saturated heterocycles. The Kier molecular flexibility index (Phi) is 10.7. The minimum Gasteiger partial charge on any atom is -0.459 e. The standard InChI is InChI=1S/C28H36O7/c1-20-21(2)25(35-27(30)23-15-9-5-10-16-23)28(32-18-12-6-11-17-31-3)34-24(20)19-33-26(29)22-13-7-4-8-14-22/h4-5,7-10,13-16,20-21,24-25,28H,6,11-12,17-19H2,1-3H3/t20-,21+,24?,25?,28-/m1/s1. The average molecular weight is 485 g/mol. The van der Waals surface area contributed by atoms with E-state index < -0.39 is 24.3 Å². The molecule has 1 aliphatic rings. The molecule has 0 N–H and O–H groups in total. The maximum Gasteiger partial charge on any atom is 0.338 e. The topological polar surface area (TPSA) is 80.3 Å². The smallest absolute Gasteiger partial charge is 0.338 e. The van der Waals surface area contributed by atoms with Crippen molar-refractivity contribution in [2.75, 3.05) is 26.9 Å². The first-order valence-electron chi connectivity index (χ1n) is 12.3. The molecule has 2 aromatic carbocycles. The Morgan fingerprint density at radius 3 is 2.03 bits per heavy atom. The highest BCUT2D eigenvalue weighted by Gasteiger charge is 2.45. The van der Waals surface area contributed by atoms with E-state index >= 15 is 0 Å². The van der Waals surface area contributed by atoms with Crippen LogP contribution in [0.3, 0.4) is 0 Å². The lowest BCUT2D eigenvalue weighted by atomic mass is 9.83. The zero-order valence-electron chi connectivity index (χ0n) is 20.8. The largest absolute Gasteiger partial charge is 0.459 e. The van der Waals surface area contributed by atoms with Crippen LogP contribution in [0.5, 0.6) is 0 Å². The number of rotatable bonds is 12. The van der Waals surface area contributed by atoms with Gasteiger partial charge >= 0.3 is 11.9 Å². The number of esters is 2. The van der Waals surface area contributed by atoms with Crippen molar-refractivity contribution in [2.45, 2.75) is 51.6 Å². The van der Waals surface area contributed by atoms with Crippen molar-refractivity contribution >= 4 is 11.9 Å². The Morgan fingerprint density at radius 2 is 1.40 bits per heavy atom. The third-order valence-corrected chi connectivity index (χ3v) is 6.43. The Morgan fingerprint density at radius 1 is 0.800 bits per heavy atom. The number of methoxy groups -OCH3 is 1. The SMILES string of the molecule is COCCCCCO[C@@H]1OC(COC(=O)c2ccccc2)[C@H](C)[C@H](C)C1OC(=O)c1ccccc1. The summed E-state index contributed by atoms with van der Waals surface area (Å²) in [6, 6.07) is 17.7. The normalized spacial score (nSPS) is 24.0. The van der Waals surface area contributed by atoms with Gasteiger partial charge in [0.25, 0.3) is 0 Å². The van der Waals surface area contributed by atoms with Crippen LogP contribution in [0.2, 0.25) is 0 Å². The van der Waals surface area contributed by atoms with Gasteiger partial charge in [-0.25, -0.2) is 9.59 Å². The number of unbranched alkanes of at least 4 members (excludes halogenated alkanes) is 2. The quantitative estimate of drug-likeness (QED) is 0.313. The zero-order chi connectivity index (χ0) is 25.0. The average Bonchev–Trinajstić information content (AvgIpc) is 2.89. The first-order chi connectivity index (χ1) is 17.0. The number of ether oxygens (including phenoxy) is 5. The Bertz CT molecular complexity index is 900. The van der Waals surface area contributed by atoms with Crippen LogP contribution in [0.4, 0.5) is 0 Å². The highest BCUT2D eigenvalue weighted by Crippen LogP contribution is 2.34. The summed E-state index contributed by atoms with van der Waals surface area (Å²) in [5, 5.41) is 0. The first-order valence-corrected chi connectivity index (χ1v) is 12.3. The lowest BCUT2D eigenvalue weighted by molar-refractivity contribution is -0.274. The number of carbonyl (C=O) groups excluding carboxylic acids is 2. The van der Waals surface area contributed by atoms with Crippen LogP contribution in [0, 0.1) is 11.8 Å². The molecule has 2 aromatic rings. The molecule has 0 aromatic heterocycles. The lowest BCUT2D eigenvalue weighted by Crippen LogP contribution is -2.53. The number of hydrogen-bond acceptors (Lipinski definition) is 7. The van der Waals surface area contributed by atoms with Crippen molar-refractivity contribution < 1.29 is 33.3 Å². The molecular weight excluding hydrogens is 448 g/mol. The second-order valence-electron chi connectivity index (χ2n) is 8.89. The lowest BCUT2D eigenvalue weighted by Gasteiger charge is -2.43. The van der Waals surface area contributed by atoms with Gasteiger partial charge in [0, 0.05) is 26.2 Å². The van der Waals surface area contributed by atoms with Gasteiger partial charge in [-0.1, -0.05) is 50.2 Å². The number of carbonyl (C=O) groups is 2. The molecule has 3 rings (SSSR count). The minimum absolute atomic E-state index is 0.0336. The van der Waals surface area contributed by atoms with E-state index in [1.165, 1.54) is 0 Å². The van der Waals surface area contributed by atoms with Crippen molar-refractivity contribution in [1.82, 2.24) is 0 Å². The molecule has 1 aliphatic heterocycles. The third-order valence-electron chi connectivity index (χ3n) is 6.43. The van der Waals surface area contributed by atoms with Gasteiger partial charge in [0.2, 0.25) is 0 Å². The fourth-order valence-corrected chi connectivity index (χ4v) is 4.05. The van der Waals surface area contributed by atoms with E-state index in [0.717, 1.165) is 19.3 Å². The number of benzene rings is 2. The summed E-state index contributed by atoms with van der Waals surface area (Å²) >= 11 is 0. The van der Waals surface area contributed by atoms with E-state index in [1.807, 2.05) is 26.0 Å². The van der Waals surface area contributed by atoms with E-state index in [9.17, 15) is 9.59 Å². The summed E-state index contributed by atoms with van der Waals surface area (Å²) in [5.41, 5.74) is 0.965. The van der Waals surface area contributed by atoms with Crippen molar-refractivity contribution in [2.24, 2.45) is 11.8 Å². The second kappa shape index (κ2) is 14.0. The van der Waals surface area contributed by atoms with Crippen molar-refractivity contribution in [3.63, 3.8) is 0 Å². The third kappa shape index (κ3) is 7.88. The van der Waals surface area contributed by atoms with Gasteiger partial charge in [0.05, 0.1) is 17.2 Å². The molecule has 7 heteroatoms. The Hall–Kier alpha value is -2.74. The van der Waals surface area contributed by atoms with Gasteiger partial charge in [0.1, 0.15) is 6.61 Å². The predicted molar refractivity (Wildman–Crippen MR) is 131 cm³/mol. The van der Waals surface area contributed by atoms with E-state index in [4.69, 9.17) is 23.7 Å². The molecule has 35 heavy (non-hydrogen) atoms. The van der Waals surface area contributed by atoms with E-state index in [0.29, 0.717) is 24.3 Å². The van der Waals surface area contributed by atoms with Crippen LogP contribution < -0.4 is 0 Å². The summed E-state index contributed by atoms with van der Waals surface area (Å²) in [7, 11) is 1.69. The molecule has 0 spiro atoms. The molecule has 2 unspecified atom stereocenters.